The lowest BCUT2D eigenvalue weighted by Gasteiger charge is -2.28. The van der Waals surface area contributed by atoms with Gasteiger partial charge in [0, 0.05) is 28.3 Å². The molecule has 0 aliphatic heterocycles. The molecule has 1 atom stereocenters. The van der Waals surface area contributed by atoms with Crippen molar-refractivity contribution in [1.29, 1.82) is 0 Å². The van der Waals surface area contributed by atoms with E-state index in [9.17, 15) is 9.59 Å². The van der Waals surface area contributed by atoms with Crippen LogP contribution in [0.2, 0.25) is 5.02 Å². The summed E-state index contributed by atoms with van der Waals surface area (Å²) in [6.45, 7) is 4.49. The molecule has 1 N–H and O–H groups in total. The third kappa shape index (κ3) is 7.15. The second kappa shape index (κ2) is 11.5. The first kappa shape index (κ1) is 22.8. The minimum atomic E-state index is -0.556. The summed E-state index contributed by atoms with van der Waals surface area (Å²) in [4.78, 5) is 26.9. The Hall–Kier alpha value is -1.50. The van der Waals surface area contributed by atoms with Gasteiger partial charge in [-0.25, -0.2) is 0 Å². The van der Waals surface area contributed by atoms with Crippen molar-refractivity contribution >= 4 is 51.1 Å². The highest BCUT2D eigenvalue weighted by molar-refractivity contribution is 9.10. The molecule has 0 heterocycles. The van der Waals surface area contributed by atoms with Gasteiger partial charge in [-0.15, -0.1) is 11.8 Å². The van der Waals surface area contributed by atoms with Gasteiger partial charge < -0.3 is 10.2 Å². The van der Waals surface area contributed by atoms with E-state index in [1.165, 1.54) is 0 Å². The maximum Gasteiger partial charge on any atom is 0.242 e. The number of nitrogens with zero attached hydrogens (tertiary/aromatic N) is 1. The van der Waals surface area contributed by atoms with Crippen molar-refractivity contribution in [2.75, 3.05) is 12.3 Å². The second-order valence-corrected chi connectivity index (χ2v) is 8.68. The highest BCUT2D eigenvalue weighted by Crippen LogP contribution is 2.19. The summed E-state index contributed by atoms with van der Waals surface area (Å²) >= 11 is 11.0. The number of carbonyl (C=O) groups is 2. The summed E-state index contributed by atoms with van der Waals surface area (Å²) in [5, 5.41) is 3.41. The number of nitrogens with one attached hydrogen (secondary N) is 1. The van der Waals surface area contributed by atoms with Crippen LogP contribution in [0.25, 0.3) is 0 Å². The van der Waals surface area contributed by atoms with Gasteiger partial charge in [-0.3, -0.25) is 9.59 Å². The zero-order valence-corrected chi connectivity index (χ0v) is 19.1. The van der Waals surface area contributed by atoms with Gasteiger partial charge in [-0.1, -0.05) is 51.8 Å². The average molecular weight is 484 g/mol. The van der Waals surface area contributed by atoms with Crippen LogP contribution >= 0.6 is 39.3 Å². The number of rotatable bonds is 9. The predicted octanol–water partition coefficient (Wildman–Crippen LogP) is 4.89. The van der Waals surface area contributed by atoms with E-state index in [0.717, 1.165) is 21.4 Å². The molecule has 4 nitrogen and oxygen atoms in total. The molecule has 1 unspecified atom stereocenters. The fraction of sp³-hybridized carbons (Fsp3) is 0.333. The topological polar surface area (TPSA) is 49.4 Å². The lowest BCUT2D eigenvalue weighted by Crippen LogP contribution is -2.48. The molecule has 2 rings (SSSR count). The molecule has 7 heteroatoms. The molecule has 0 radical (unpaired) electrons. The number of halogens is 2. The minimum absolute atomic E-state index is 0.0687. The van der Waals surface area contributed by atoms with Crippen molar-refractivity contribution in [3.8, 4) is 0 Å². The Morgan fingerprint density at radius 2 is 1.89 bits per heavy atom. The molecule has 2 aromatic carbocycles. The summed E-state index contributed by atoms with van der Waals surface area (Å²) in [6.07, 6.45) is 0. The fourth-order valence-electron chi connectivity index (χ4n) is 2.66. The number of carbonyl (C=O) groups excluding carboxylic acids is 2. The number of hydrogen-bond donors (Lipinski definition) is 1. The van der Waals surface area contributed by atoms with Crippen molar-refractivity contribution in [2.45, 2.75) is 32.2 Å². The normalized spacial score (nSPS) is 11.7. The first-order chi connectivity index (χ1) is 13.4. The molecule has 2 aromatic rings. The van der Waals surface area contributed by atoms with E-state index in [1.54, 1.807) is 29.7 Å². The minimum Gasteiger partial charge on any atom is -0.355 e. The van der Waals surface area contributed by atoms with E-state index in [1.807, 2.05) is 49.4 Å². The van der Waals surface area contributed by atoms with Crippen molar-refractivity contribution in [3.05, 3.63) is 69.2 Å². The van der Waals surface area contributed by atoms with E-state index in [-0.39, 0.29) is 11.8 Å². The molecule has 0 saturated heterocycles. The summed E-state index contributed by atoms with van der Waals surface area (Å²) in [5.74, 6) is 0.816. The van der Waals surface area contributed by atoms with E-state index in [2.05, 4.69) is 21.2 Å². The monoisotopic (exact) mass is 482 g/mol. The third-order valence-corrected chi connectivity index (χ3v) is 5.92. The van der Waals surface area contributed by atoms with Gasteiger partial charge in [0.2, 0.25) is 11.8 Å². The van der Waals surface area contributed by atoms with Crippen molar-refractivity contribution in [1.82, 2.24) is 10.2 Å². The van der Waals surface area contributed by atoms with Crippen molar-refractivity contribution in [3.63, 3.8) is 0 Å². The van der Waals surface area contributed by atoms with E-state index in [4.69, 9.17) is 11.6 Å². The maximum absolute atomic E-state index is 12.9. The van der Waals surface area contributed by atoms with Crippen LogP contribution in [-0.2, 0) is 21.9 Å². The Balaban J connectivity index is 2.04. The highest BCUT2D eigenvalue weighted by Gasteiger charge is 2.25. The molecule has 0 aliphatic rings. The number of thioether (sulfide) groups is 1. The van der Waals surface area contributed by atoms with Gasteiger partial charge in [-0.2, -0.15) is 0 Å². The van der Waals surface area contributed by atoms with Gasteiger partial charge in [0.05, 0.1) is 5.75 Å². The first-order valence-electron chi connectivity index (χ1n) is 9.04. The van der Waals surface area contributed by atoms with Gasteiger partial charge >= 0.3 is 0 Å². The number of amides is 2. The molecule has 0 bridgehead atoms. The van der Waals surface area contributed by atoms with Gasteiger partial charge in [0.15, 0.2) is 0 Å². The van der Waals surface area contributed by atoms with Crippen LogP contribution in [0.4, 0.5) is 0 Å². The lowest BCUT2D eigenvalue weighted by molar-refractivity contribution is -0.138. The molecule has 0 fully saturated rings. The van der Waals surface area contributed by atoms with Crippen LogP contribution in [0.3, 0.4) is 0 Å². The van der Waals surface area contributed by atoms with Crippen LogP contribution in [0.1, 0.15) is 25.0 Å². The van der Waals surface area contributed by atoms with Gasteiger partial charge in [0.1, 0.15) is 6.04 Å². The molecule has 0 aromatic heterocycles. The highest BCUT2D eigenvalue weighted by atomic mass is 79.9. The zero-order chi connectivity index (χ0) is 20.5. The zero-order valence-electron chi connectivity index (χ0n) is 16.0. The third-order valence-electron chi connectivity index (χ3n) is 4.17. The molecule has 0 saturated carbocycles. The Kier molecular flexibility index (Phi) is 9.35. The Morgan fingerprint density at radius 3 is 2.54 bits per heavy atom. The molecule has 0 spiro atoms. The standard InChI is InChI=1S/C21H24BrClN2O2S/c1-3-24-21(27)15(2)25(12-17-5-4-6-19(23)11-17)20(26)14-28-13-16-7-9-18(22)10-8-16/h4-11,15H,3,12-14H2,1-2H3,(H,24,27). The largest absolute Gasteiger partial charge is 0.355 e. The van der Waals surface area contributed by atoms with Gasteiger partial charge in [0.25, 0.3) is 0 Å². The van der Waals surface area contributed by atoms with Crippen LogP contribution in [-0.4, -0.2) is 35.1 Å². The quantitative estimate of drug-likeness (QED) is 0.552. The molecule has 0 aliphatic carbocycles. The summed E-state index contributed by atoms with van der Waals surface area (Å²) in [6, 6.07) is 14.8. The summed E-state index contributed by atoms with van der Waals surface area (Å²) in [7, 11) is 0. The second-order valence-electron chi connectivity index (χ2n) is 6.34. The smallest absolute Gasteiger partial charge is 0.242 e. The SMILES string of the molecule is CCNC(=O)C(C)N(Cc1cccc(Cl)c1)C(=O)CSCc1ccc(Br)cc1. The molecule has 150 valence electrons. The number of hydrogen-bond acceptors (Lipinski definition) is 3. The van der Waals surface area contributed by atoms with Crippen molar-refractivity contribution in [2.24, 2.45) is 0 Å². The van der Waals surface area contributed by atoms with Gasteiger partial charge in [-0.05, 0) is 49.2 Å². The predicted molar refractivity (Wildman–Crippen MR) is 120 cm³/mol. The van der Waals surface area contributed by atoms with E-state index >= 15 is 0 Å². The fourth-order valence-corrected chi connectivity index (χ4v) is 4.00. The Morgan fingerprint density at radius 1 is 1.18 bits per heavy atom. The van der Waals surface area contributed by atoms with Crippen LogP contribution in [0.15, 0.2) is 53.0 Å². The van der Waals surface area contributed by atoms with Crippen LogP contribution in [0, 0.1) is 0 Å². The Labute approximate surface area is 184 Å². The molecule has 2 amide bonds. The maximum atomic E-state index is 12.9. The number of benzene rings is 2. The summed E-state index contributed by atoms with van der Waals surface area (Å²) in [5.41, 5.74) is 2.05. The molecule has 28 heavy (non-hydrogen) atoms. The average Bonchev–Trinajstić information content (AvgIpc) is 2.67. The van der Waals surface area contributed by atoms with Crippen LogP contribution in [0.5, 0.6) is 0 Å². The van der Waals surface area contributed by atoms with Crippen LogP contribution < -0.4 is 5.32 Å². The van der Waals surface area contributed by atoms with E-state index in [0.29, 0.717) is 23.9 Å². The molecular formula is C21H24BrClN2O2S. The Bertz CT molecular complexity index is 801. The number of likely N-dealkylation sites (N-methyl/N-ethyl adjacent to an activating group) is 1. The van der Waals surface area contributed by atoms with E-state index < -0.39 is 6.04 Å². The lowest BCUT2D eigenvalue weighted by atomic mass is 10.1. The van der Waals surface area contributed by atoms with Crippen molar-refractivity contribution < 1.29 is 9.59 Å². The first-order valence-corrected chi connectivity index (χ1v) is 11.4. The molecular weight excluding hydrogens is 460 g/mol. The summed E-state index contributed by atoms with van der Waals surface area (Å²) < 4.78 is 1.03.